The van der Waals surface area contributed by atoms with Crippen molar-refractivity contribution >= 4 is 29.5 Å². The molecule has 0 aromatic carbocycles. The molecule has 0 aromatic heterocycles. The van der Waals surface area contributed by atoms with E-state index in [2.05, 4.69) is 0 Å². The van der Waals surface area contributed by atoms with Gasteiger partial charge >= 0.3 is 17.9 Å². The topological polar surface area (TPSA) is 164 Å². The molecule has 0 aliphatic heterocycles. The normalized spacial score (nSPS) is 12.9. The first-order valence-electron chi connectivity index (χ1n) is 3.96. The third kappa shape index (κ3) is 10.7. The molecule has 0 heterocycles. The minimum Gasteiger partial charge on any atom is -0.481 e. The standard InChI is InChI=1S/C4H7NO4.C3H6ClNO2/c5-2(4(8)9)1-3(6)7;4-1-2(5)3(6)7/h2H,1,5H2,(H,6,7)(H,8,9);2H,1,5H2,(H,6,7)/t;2-/m.0/s1. The monoisotopic (exact) mass is 256 g/mol. The van der Waals surface area contributed by atoms with Crippen LogP contribution in [0.2, 0.25) is 0 Å². The average molecular weight is 257 g/mol. The van der Waals surface area contributed by atoms with Crippen LogP contribution in [-0.4, -0.2) is 51.2 Å². The molecule has 0 amide bonds. The smallest absolute Gasteiger partial charge is 0.321 e. The second kappa shape index (κ2) is 8.89. The first kappa shape index (κ1) is 17.0. The SMILES string of the molecule is NC(CC(=O)O)C(=O)O.N[C@@H](CCl)C(=O)O. The second-order valence-corrected chi connectivity index (χ2v) is 2.95. The van der Waals surface area contributed by atoms with Crippen LogP contribution in [0.1, 0.15) is 6.42 Å². The summed E-state index contributed by atoms with van der Waals surface area (Å²) >= 11 is 5.04. The summed E-state index contributed by atoms with van der Waals surface area (Å²) in [5, 5.41) is 24.0. The molecule has 7 N–H and O–H groups in total. The lowest BCUT2D eigenvalue weighted by Crippen LogP contribution is -2.32. The number of alkyl halides is 1. The Labute approximate surface area is 95.8 Å². The molecule has 0 saturated carbocycles. The van der Waals surface area contributed by atoms with Gasteiger partial charge in [0.15, 0.2) is 0 Å². The number of hydrogen-bond donors (Lipinski definition) is 5. The van der Waals surface area contributed by atoms with Crippen LogP contribution in [0.4, 0.5) is 0 Å². The molecule has 0 bridgehead atoms. The van der Waals surface area contributed by atoms with Gasteiger partial charge in [-0.1, -0.05) is 0 Å². The van der Waals surface area contributed by atoms with Crippen LogP contribution < -0.4 is 11.5 Å². The summed E-state index contributed by atoms with van der Waals surface area (Å²) in [7, 11) is 0. The third-order valence-electron chi connectivity index (χ3n) is 1.20. The summed E-state index contributed by atoms with van der Waals surface area (Å²) < 4.78 is 0. The molecule has 0 aliphatic carbocycles. The van der Waals surface area contributed by atoms with Gasteiger partial charge < -0.3 is 26.8 Å². The van der Waals surface area contributed by atoms with E-state index < -0.39 is 36.4 Å². The lowest BCUT2D eigenvalue weighted by molar-refractivity contribution is -0.144. The van der Waals surface area contributed by atoms with E-state index in [9.17, 15) is 14.4 Å². The maximum absolute atomic E-state index is 9.85. The highest BCUT2D eigenvalue weighted by molar-refractivity contribution is 6.19. The lowest BCUT2D eigenvalue weighted by Gasteiger charge is -1.99. The van der Waals surface area contributed by atoms with E-state index in [0.29, 0.717) is 0 Å². The fourth-order valence-electron chi connectivity index (χ4n) is 0.341. The number of halogens is 1. The van der Waals surface area contributed by atoms with Crippen molar-refractivity contribution in [2.75, 3.05) is 5.88 Å². The van der Waals surface area contributed by atoms with Crippen LogP contribution >= 0.6 is 11.6 Å². The molecule has 94 valence electrons. The second-order valence-electron chi connectivity index (χ2n) is 2.64. The highest BCUT2D eigenvalue weighted by atomic mass is 35.5. The molecule has 1 unspecified atom stereocenters. The average Bonchev–Trinajstić information content (AvgIpc) is 2.16. The van der Waals surface area contributed by atoms with Crippen molar-refractivity contribution in [1.82, 2.24) is 0 Å². The van der Waals surface area contributed by atoms with Crippen molar-refractivity contribution in [1.29, 1.82) is 0 Å². The number of rotatable bonds is 5. The number of carboxylic acids is 3. The van der Waals surface area contributed by atoms with Gasteiger partial charge in [0.1, 0.15) is 12.1 Å². The van der Waals surface area contributed by atoms with E-state index in [1.54, 1.807) is 0 Å². The molecule has 0 aliphatic rings. The molecule has 16 heavy (non-hydrogen) atoms. The summed E-state index contributed by atoms with van der Waals surface area (Å²) in [6.07, 6.45) is -0.532. The van der Waals surface area contributed by atoms with Crippen LogP contribution in [0.25, 0.3) is 0 Å². The summed E-state index contributed by atoms with van der Waals surface area (Å²) in [4.78, 5) is 29.3. The van der Waals surface area contributed by atoms with E-state index in [4.69, 9.17) is 38.4 Å². The zero-order valence-corrected chi connectivity index (χ0v) is 8.92. The number of nitrogens with two attached hydrogens (primary N) is 2. The Morgan fingerprint density at radius 1 is 1.00 bits per heavy atom. The maximum atomic E-state index is 9.85. The lowest BCUT2D eigenvalue weighted by atomic mass is 10.2. The van der Waals surface area contributed by atoms with Crippen molar-refractivity contribution in [3.63, 3.8) is 0 Å². The van der Waals surface area contributed by atoms with E-state index in [-0.39, 0.29) is 5.88 Å². The van der Waals surface area contributed by atoms with Gasteiger partial charge in [-0.15, -0.1) is 11.6 Å². The molecule has 0 radical (unpaired) electrons. The molecule has 0 rings (SSSR count). The number of hydrogen-bond acceptors (Lipinski definition) is 5. The van der Waals surface area contributed by atoms with Crippen LogP contribution in [0.3, 0.4) is 0 Å². The first-order chi connectivity index (χ1) is 7.22. The quantitative estimate of drug-likeness (QED) is 0.371. The molecular weight excluding hydrogens is 244 g/mol. The zero-order valence-electron chi connectivity index (χ0n) is 8.17. The summed E-state index contributed by atoms with van der Waals surface area (Å²) in [6.45, 7) is 0. The Balaban J connectivity index is 0. The maximum Gasteiger partial charge on any atom is 0.321 e. The van der Waals surface area contributed by atoms with Crippen LogP contribution in [0, 0.1) is 0 Å². The van der Waals surface area contributed by atoms with Crippen molar-refractivity contribution < 1.29 is 29.7 Å². The molecule has 0 aromatic rings. The van der Waals surface area contributed by atoms with Crippen LogP contribution in [-0.2, 0) is 14.4 Å². The van der Waals surface area contributed by atoms with E-state index >= 15 is 0 Å². The van der Waals surface area contributed by atoms with Gasteiger partial charge in [-0.25, -0.2) is 0 Å². The number of aliphatic carboxylic acids is 3. The highest BCUT2D eigenvalue weighted by Crippen LogP contribution is 1.86. The number of carbonyl (C=O) groups is 3. The van der Waals surface area contributed by atoms with Gasteiger partial charge in [-0.3, -0.25) is 14.4 Å². The van der Waals surface area contributed by atoms with E-state index in [1.165, 1.54) is 0 Å². The molecular formula is C7H13ClN2O6. The Hall–Kier alpha value is -1.38. The van der Waals surface area contributed by atoms with E-state index in [0.717, 1.165) is 0 Å². The van der Waals surface area contributed by atoms with Crippen LogP contribution in [0.15, 0.2) is 0 Å². The van der Waals surface area contributed by atoms with Gasteiger partial charge in [0.25, 0.3) is 0 Å². The van der Waals surface area contributed by atoms with E-state index in [1.807, 2.05) is 0 Å². The van der Waals surface area contributed by atoms with Crippen molar-refractivity contribution in [3.8, 4) is 0 Å². The molecule has 2 atom stereocenters. The minimum absolute atomic E-state index is 0.0324. The summed E-state index contributed by atoms with van der Waals surface area (Å²) in [5.41, 5.74) is 9.72. The van der Waals surface area contributed by atoms with Gasteiger partial charge in [0.2, 0.25) is 0 Å². The fraction of sp³-hybridized carbons (Fsp3) is 0.571. The number of carboxylic acid groups (broad SMARTS) is 3. The predicted octanol–water partition coefficient (Wildman–Crippen LogP) is -1.49. The van der Waals surface area contributed by atoms with Gasteiger partial charge in [0, 0.05) is 5.88 Å². The fourth-order valence-corrected chi connectivity index (χ4v) is 0.473. The van der Waals surface area contributed by atoms with Crippen molar-refractivity contribution in [2.45, 2.75) is 18.5 Å². The highest BCUT2D eigenvalue weighted by Gasteiger charge is 2.14. The van der Waals surface area contributed by atoms with Crippen molar-refractivity contribution in [3.05, 3.63) is 0 Å². The Bertz CT molecular complexity index is 259. The largest absolute Gasteiger partial charge is 0.481 e. The summed E-state index contributed by atoms with van der Waals surface area (Å²) in [5.74, 6) is -3.59. The molecule has 9 heteroatoms. The van der Waals surface area contributed by atoms with Gasteiger partial charge in [-0.2, -0.15) is 0 Å². The molecule has 0 saturated heterocycles. The molecule has 0 fully saturated rings. The Morgan fingerprint density at radius 3 is 1.44 bits per heavy atom. The van der Waals surface area contributed by atoms with Gasteiger partial charge in [-0.05, 0) is 0 Å². The Morgan fingerprint density at radius 2 is 1.38 bits per heavy atom. The van der Waals surface area contributed by atoms with Gasteiger partial charge in [0.05, 0.1) is 6.42 Å². The zero-order chi connectivity index (χ0) is 13.3. The third-order valence-corrected chi connectivity index (χ3v) is 1.53. The predicted molar refractivity (Wildman–Crippen MR) is 54.2 cm³/mol. The first-order valence-corrected chi connectivity index (χ1v) is 4.50. The molecule has 8 nitrogen and oxygen atoms in total. The summed E-state index contributed by atoms with van der Waals surface area (Å²) in [6, 6.07) is -2.20. The van der Waals surface area contributed by atoms with Crippen LogP contribution in [0.5, 0.6) is 0 Å². The minimum atomic E-state index is -1.29. The molecule has 0 spiro atoms. The Kier molecular flexibility index (Phi) is 9.46. The van der Waals surface area contributed by atoms with Crippen molar-refractivity contribution in [2.24, 2.45) is 11.5 Å².